The third-order valence-corrected chi connectivity index (χ3v) is 5.77. The fraction of sp³-hybridized carbons (Fsp3) is 0.0800. The van der Waals surface area contributed by atoms with E-state index in [1.807, 2.05) is 0 Å². The van der Waals surface area contributed by atoms with Gasteiger partial charge in [-0.25, -0.2) is 14.1 Å². The summed E-state index contributed by atoms with van der Waals surface area (Å²) in [4.78, 5) is 49.1. The highest BCUT2D eigenvalue weighted by Gasteiger charge is 2.37. The summed E-state index contributed by atoms with van der Waals surface area (Å²) in [6.07, 6.45) is 1.36. The van der Waals surface area contributed by atoms with Crippen molar-refractivity contribution < 1.29 is 28.4 Å². The number of benzene rings is 3. The molecule has 4 rings (SSSR count). The number of hydrogen-bond acceptors (Lipinski definition) is 6. The van der Waals surface area contributed by atoms with Crippen LogP contribution in [0.4, 0.5) is 20.6 Å². The van der Waals surface area contributed by atoms with Crippen molar-refractivity contribution >= 4 is 46.9 Å². The number of imide groups is 2. The van der Waals surface area contributed by atoms with E-state index in [4.69, 9.17) is 16.3 Å². The first-order valence-electron chi connectivity index (χ1n) is 10.5. The molecule has 1 saturated heterocycles. The number of urea groups is 1. The monoisotopic (exact) mass is 509 g/mol. The average molecular weight is 510 g/mol. The predicted molar refractivity (Wildman–Crippen MR) is 129 cm³/mol. The van der Waals surface area contributed by atoms with Gasteiger partial charge in [-0.2, -0.15) is 0 Å². The minimum absolute atomic E-state index is 0.0825. The van der Waals surface area contributed by atoms with Gasteiger partial charge in [-0.1, -0.05) is 35.9 Å². The van der Waals surface area contributed by atoms with Gasteiger partial charge in [0.25, 0.3) is 17.5 Å². The van der Waals surface area contributed by atoms with Crippen LogP contribution in [0.2, 0.25) is 5.02 Å². The van der Waals surface area contributed by atoms with Gasteiger partial charge in [0.1, 0.15) is 17.1 Å². The highest BCUT2D eigenvalue weighted by Crippen LogP contribution is 2.33. The number of methoxy groups -OCH3 is 1. The largest absolute Gasteiger partial charge is 0.496 e. The summed E-state index contributed by atoms with van der Waals surface area (Å²) < 4.78 is 19.6. The molecular weight excluding hydrogens is 493 g/mol. The van der Waals surface area contributed by atoms with E-state index in [0.717, 1.165) is 6.07 Å². The maximum Gasteiger partial charge on any atom is 0.335 e. The summed E-state index contributed by atoms with van der Waals surface area (Å²) in [6, 6.07) is 13.0. The molecule has 0 bridgehead atoms. The lowest BCUT2D eigenvalue weighted by molar-refractivity contribution is -0.384. The highest BCUT2D eigenvalue weighted by atomic mass is 35.5. The van der Waals surface area contributed by atoms with E-state index >= 15 is 0 Å². The minimum Gasteiger partial charge on any atom is -0.496 e. The van der Waals surface area contributed by atoms with Gasteiger partial charge in [0.15, 0.2) is 0 Å². The first kappa shape index (κ1) is 24.6. The minimum atomic E-state index is -1.04. The molecule has 0 unspecified atom stereocenters. The molecule has 1 aliphatic rings. The Bertz CT molecular complexity index is 1460. The molecule has 36 heavy (non-hydrogen) atoms. The molecule has 1 N–H and O–H groups in total. The van der Waals surface area contributed by atoms with Gasteiger partial charge in [-0.15, -0.1) is 0 Å². The summed E-state index contributed by atoms with van der Waals surface area (Å²) in [5.41, 5.74) is 0.386. The maximum absolute atomic E-state index is 14.1. The molecule has 3 aromatic carbocycles. The fourth-order valence-electron chi connectivity index (χ4n) is 3.70. The Morgan fingerprint density at radius 1 is 1.11 bits per heavy atom. The third-order valence-electron chi connectivity index (χ3n) is 5.43. The van der Waals surface area contributed by atoms with Crippen LogP contribution in [0.5, 0.6) is 5.75 Å². The van der Waals surface area contributed by atoms with Gasteiger partial charge in [-0.3, -0.25) is 25.0 Å². The number of ether oxygens (including phenoxy) is 1. The average Bonchev–Trinajstić information content (AvgIpc) is 2.84. The van der Waals surface area contributed by atoms with Gasteiger partial charge in [0.2, 0.25) is 0 Å². The molecule has 11 heteroatoms. The molecule has 1 fully saturated rings. The number of nitrogens with one attached hydrogen (secondary N) is 1. The van der Waals surface area contributed by atoms with Crippen LogP contribution < -0.4 is 15.0 Å². The van der Waals surface area contributed by atoms with Crippen LogP contribution in [0.1, 0.15) is 16.7 Å². The number of rotatable bonds is 6. The number of non-ortho nitro benzene ring substituents is 1. The molecule has 3 aromatic rings. The summed E-state index contributed by atoms with van der Waals surface area (Å²) in [6.45, 7) is 0. The number of nitro groups is 1. The Morgan fingerprint density at radius 2 is 1.86 bits per heavy atom. The Kier molecular flexibility index (Phi) is 6.80. The van der Waals surface area contributed by atoms with E-state index < -0.39 is 34.2 Å². The number of nitro benzene ring substituents is 1. The van der Waals surface area contributed by atoms with Crippen molar-refractivity contribution in [2.24, 2.45) is 0 Å². The SMILES string of the molecule is COc1cc(/C=C2\C(=O)NC(=O)N(c3cccc([N+](=O)[O-])c3)C2=O)cc(Cl)c1Cc1ccccc1F. The Labute approximate surface area is 208 Å². The van der Waals surface area contributed by atoms with Gasteiger partial charge in [-0.05, 0) is 41.5 Å². The van der Waals surface area contributed by atoms with Crippen LogP contribution in [0, 0.1) is 15.9 Å². The molecular formula is C25H17ClFN3O6. The lowest BCUT2D eigenvalue weighted by Crippen LogP contribution is -2.54. The Morgan fingerprint density at radius 3 is 2.56 bits per heavy atom. The number of amides is 4. The van der Waals surface area contributed by atoms with Gasteiger partial charge >= 0.3 is 6.03 Å². The topological polar surface area (TPSA) is 119 Å². The lowest BCUT2D eigenvalue weighted by atomic mass is 10.00. The van der Waals surface area contributed by atoms with Crippen LogP contribution in [0.25, 0.3) is 6.08 Å². The second-order valence-electron chi connectivity index (χ2n) is 7.69. The zero-order valence-electron chi connectivity index (χ0n) is 18.7. The molecule has 0 atom stereocenters. The van der Waals surface area contributed by atoms with Crippen LogP contribution in [-0.2, 0) is 16.0 Å². The summed E-state index contributed by atoms with van der Waals surface area (Å²) in [7, 11) is 1.40. The van der Waals surface area contributed by atoms with Crippen molar-refractivity contribution in [2.45, 2.75) is 6.42 Å². The predicted octanol–water partition coefficient (Wildman–Crippen LogP) is 4.65. The second kappa shape index (κ2) is 9.96. The maximum atomic E-state index is 14.1. The Balaban J connectivity index is 1.72. The lowest BCUT2D eigenvalue weighted by Gasteiger charge is -2.26. The zero-order valence-corrected chi connectivity index (χ0v) is 19.4. The van der Waals surface area contributed by atoms with E-state index in [9.17, 15) is 28.9 Å². The van der Waals surface area contributed by atoms with Crippen LogP contribution in [-0.4, -0.2) is 29.9 Å². The molecule has 0 spiro atoms. The number of nitrogens with zero attached hydrogens (tertiary/aromatic N) is 2. The van der Waals surface area contributed by atoms with E-state index in [1.165, 1.54) is 49.6 Å². The molecule has 9 nitrogen and oxygen atoms in total. The number of anilines is 1. The van der Waals surface area contributed by atoms with Crippen LogP contribution >= 0.6 is 11.6 Å². The Hall–Kier alpha value is -4.57. The molecule has 0 radical (unpaired) electrons. The molecule has 1 aliphatic heterocycles. The fourth-order valence-corrected chi connectivity index (χ4v) is 3.99. The molecule has 4 amide bonds. The van der Waals surface area contributed by atoms with Crippen molar-refractivity contribution in [1.29, 1.82) is 0 Å². The second-order valence-corrected chi connectivity index (χ2v) is 8.09. The normalized spacial score (nSPS) is 14.7. The number of barbiturate groups is 1. The first-order chi connectivity index (χ1) is 17.2. The van der Waals surface area contributed by atoms with Crippen molar-refractivity contribution in [3.63, 3.8) is 0 Å². The van der Waals surface area contributed by atoms with E-state index in [-0.39, 0.29) is 22.8 Å². The highest BCUT2D eigenvalue weighted by molar-refractivity contribution is 6.39. The van der Waals surface area contributed by atoms with Gasteiger partial charge in [0.05, 0.1) is 17.7 Å². The van der Waals surface area contributed by atoms with Crippen molar-refractivity contribution in [3.8, 4) is 5.75 Å². The molecule has 1 heterocycles. The van der Waals surface area contributed by atoms with Crippen molar-refractivity contribution in [3.05, 3.63) is 104 Å². The standard InChI is InChI=1S/C25H17ClFN3O6/c1-36-22-11-14(10-20(26)18(22)12-15-5-2-3-8-21(15)27)9-19-23(31)28-25(33)29(24(19)32)16-6-4-7-17(13-16)30(34)35/h2-11,13H,12H2,1H3,(H,28,31,33)/b19-9+. The van der Waals surface area contributed by atoms with E-state index in [1.54, 1.807) is 18.2 Å². The number of carbonyl (C=O) groups is 3. The van der Waals surface area contributed by atoms with E-state index in [0.29, 0.717) is 27.3 Å². The van der Waals surface area contributed by atoms with Crippen molar-refractivity contribution in [2.75, 3.05) is 12.0 Å². The number of halogens is 2. The van der Waals surface area contributed by atoms with Crippen LogP contribution in [0.15, 0.2) is 66.2 Å². The smallest absolute Gasteiger partial charge is 0.335 e. The van der Waals surface area contributed by atoms with Crippen molar-refractivity contribution in [1.82, 2.24) is 5.32 Å². The molecule has 0 aromatic heterocycles. The number of hydrogen-bond donors (Lipinski definition) is 1. The van der Waals surface area contributed by atoms with E-state index in [2.05, 4.69) is 5.32 Å². The third kappa shape index (κ3) is 4.80. The molecule has 182 valence electrons. The quantitative estimate of drug-likeness (QED) is 0.223. The summed E-state index contributed by atoms with van der Waals surface area (Å²) >= 11 is 6.46. The number of carbonyl (C=O) groups excluding carboxylic acids is 3. The van der Waals surface area contributed by atoms with Gasteiger partial charge < -0.3 is 4.74 Å². The first-order valence-corrected chi connectivity index (χ1v) is 10.8. The zero-order chi connectivity index (χ0) is 26.0. The summed E-state index contributed by atoms with van der Waals surface area (Å²) in [5, 5.41) is 13.4. The van der Waals surface area contributed by atoms with Gasteiger partial charge in [0, 0.05) is 29.1 Å². The molecule has 0 saturated carbocycles. The summed E-state index contributed by atoms with van der Waals surface area (Å²) in [5.74, 6) is -2.03. The van der Waals surface area contributed by atoms with Crippen LogP contribution in [0.3, 0.4) is 0 Å². The molecule has 0 aliphatic carbocycles.